The Kier molecular flexibility index (Phi) is 3.42. The Morgan fingerprint density at radius 3 is 2.71 bits per heavy atom. The lowest BCUT2D eigenvalue weighted by molar-refractivity contribution is -0.148. The van der Waals surface area contributed by atoms with E-state index in [9.17, 15) is 9.59 Å². The molecule has 1 aliphatic heterocycles. The molecule has 4 heteroatoms. The molecule has 0 bridgehead atoms. The molecule has 2 atom stereocenters. The third kappa shape index (κ3) is 2.46. The molecule has 1 saturated heterocycles. The van der Waals surface area contributed by atoms with Gasteiger partial charge in [-0.25, -0.2) is 0 Å². The van der Waals surface area contributed by atoms with Crippen LogP contribution in [-0.2, 0) is 14.3 Å². The Hall–Kier alpha value is -1.84. The molecule has 0 aliphatic carbocycles. The van der Waals surface area contributed by atoms with Crippen LogP contribution >= 0.6 is 0 Å². The summed E-state index contributed by atoms with van der Waals surface area (Å²) in [6, 6.07) is 9.24. The summed E-state index contributed by atoms with van der Waals surface area (Å²) in [6.07, 6.45) is 0.918. The minimum absolute atomic E-state index is 0.0148. The van der Waals surface area contributed by atoms with Crippen LogP contribution in [0.25, 0.3) is 0 Å². The fourth-order valence-corrected chi connectivity index (χ4v) is 2.18. The second kappa shape index (κ2) is 4.99. The number of carbonyl (C=O) groups excluding carboxylic acids is 2. The normalized spacial score (nSPS) is 23.9. The molecule has 1 amide bonds. The van der Waals surface area contributed by atoms with E-state index in [0.717, 1.165) is 5.56 Å². The van der Waals surface area contributed by atoms with Gasteiger partial charge >= 0.3 is 5.97 Å². The first kappa shape index (κ1) is 11.6. The fourth-order valence-electron chi connectivity index (χ4n) is 2.18. The van der Waals surface area contributed by atoms with Gasteiger partial charge in [-0.1, -0.05) is 30.3 Å². The third-order valence-corrected chi connectivity index (χ3v) is 3.06. The number of benzene rings is 1. The van der Waals surface area contributed by atoms with Crippen LogP contribution in [0.3, 0.4) is 0 Å². The Morgan fingerprint density at radius 2 is 2.06 bits per heavy atom. The van der Waals surface area contributed by atoms with E-state index in [2.05, 4.69) is 5.32 Å². The molecule has 1 N–H and O–H groups in total. The van der Waals surface area contributed by atoms with Crippen molar-refractivity contribution < 1.29 is 14.3 Å². The van der Waals surface area contributed by atoms with Crippen molar-refractivity contribution in [2.75, 3.05) is 7.11 Å². The molecule has 0 unspecified atom stereocenters. The molecular weight excluding hydrogens is 218 g/mol. The van der Waals surface area contributed by atoms with Crippen LogP contribution in [0.5, 0.6) is 0 Å². The molecule has 0 spiro atoms. The highest BCUT2D eigenvalue weighted by Crippen LogP contribution is 2.30. The number of ether oxygens (including phenoxy) is 1. The number of rotatable bonds is 2. The van der Waals surface area contributed by atoms with Gasteiger partial charge in [0.1, 0.15) is 0 Å². The molecule has 2 rings (SSSR count). The maximum atomic E-state index is 11.7. The first-order chi connectivity index (χ1) is 8.22. The highest BCUT2D eigenvalue weighted by Gasteiger charge is 2.35. The van der Waals surface area contributed by atoms with Gasteiger partial charge in [0, 0.05) is 6.42 Å². The topological polar surface area (TPSA) is 55.4 Å². The van der Waals surface area contributed by atoms with Crippen LogP contribution in [0.4, 0.5) is 0 Å². The summed E-state index contributed by atoms with van der Waals surface area (Å²) in [6.45, 7) is 0. The molecule has 1 heterocycles. The van der Waals surface area contributed by atoms with Crippen LogP contribution in [0, 0.1) is 5.92 Å². The van der Waals surface area contributed by atoms with Gasteiger partial charge in [-0.2, -0.15) is 0 Å². The maximum Gasteiger partial charge on any atom is 0.311 e. The van der Waals surface area contributed by atoms with E-state index < -0.39 is 0 Å². The number of hydrogen-bond acceptors (Lipinski definition) is 3. The Balaban J connectivity index is 2.26. The van der Waals surface area contributed by atoms with E-state index in [1.54, 1.807) is 0 Å². The van der Waals surface area contributed by atoms with Crippen LogP contribution in [0.15, 0.2) is 30.3 Å². The number of piperidine rings is 1. The first-order valence-corrected chi connectivity index (χ1v) is 5.64. The lowest BCUT2D eigenvalue weighted by Crippen LogP contribution is -2.42. The molecule has 4 nitrogen and oxygen atoms in total. The summed E-state index contributed by atoms with van der Waals surface area (Å²) < 4.78 is 4.79. The van der Waals surface area contributed by atoms with Gasteiger partial charge in [-0.3, -0.25) is 9.59 Å². The zero-order chi connectivity index (χ0) is 12.3. The van der Waals surface area contributed by atoms with Gasteiger partial charge in [-0.15, -0.1) is 0 Å². The minimum atomic E-state index is -0.292. The maximum absolute atomic E-state index is 11.7. The number of esters is 1. The molecule has 0 aromatic heterocycles. The Morgan fingerprint density at radius 1 is 1.35 bits per heavy atom. The van der Waals surface area contributed by atoms with Crippen molar-refractivity contribution in [2.45, 2.75) is 18.9 Å². The van der Waals surface area contributed by atoms with Gasteiger partial charge < -0.3 is 10.1 Å². The predicted molar refractivity (Wildman–Crippen MR) is 62.1 cm³/mol. The average molecular weight is 233 g/mol. The summed E-state index contributed by atoms with van der Waals surface area (Å²) >= 11 is 0. The first-order valence-electron chi connectivity index (χ1n) is 5.64. The van der Waals surface area contributed by atoms with Gasteiger partial charge in [0.05, 0.1) is 19.1 Å². The van der Waals surface area contributed by atoms with Gasteiger partial charge in [0.2, 0.25) is 5.91 Å². The Labute approximate surface area is 100.0 Å². The summed E-state index contributed by atoms with van der Waals surface area (Å²) in [4.78, 5) is 23.1. The lowest BCUT2D eigenvalue weighted by Gasteiger charge is -2.30. The molecule has 17 heavy (non-hydrogen) atoms. The minimum Gasteiger partial charge on any atom is -0.469 e. The standard InChI is InChI=1S/C13H15NO3/c1-17-13(16)10-7-8-11(15)14-12(10)9-5-3-2-4-6-9/h2-6,10,12H,7-8H2,1H3,(H,14,15)/t10-,12+/m1/s1. The molecule has 90 valence electrons. The van der Waals surface area contributed by atoms with Crippen LogP contribution in [-0.4, -0.2) is 19.0 Å². The summed E-state index contributed by atoms with van der Waals surface area (Å²) in [5.41, 5.74) is 0.941. The van der Waals surface area contributed by atoms with Crippen molar-refractivity contribution >= 4 is 11.9 Å². The van der Waals surface area contributed by atoms with Gasteiger partial charge in [-0.05, 0) is 12.0 Å². The lowest BCUT2D eigenvalue weighted by atomic mass is 9.86. The van der Waals surface area contributed by atoms with E-state index >= 15 is 0 Å². The van der Waals surface area contributed by atoms with Crippen LogP contribution in [0.2, 0.25) is 0 Å². The van der Waals surface area contributed by atoms with Crippen molar-refractivity contribution in [3.05, 3.63) is 35.9 Å². The largest absolute Gasteiger partial charge is 0.469 e. The third-order valence-electron chi connectivity index (χ3n) is 3.06. The van der Waals surface area contributed by atoms with Crippen molar-refractivity contribution in [1.29, 1.82) is 0 Å². The Bertz CT molecular complexity index is 416. The number of carbonyl (C=O) groups is 2. The summed E-state index contributed by atoms with van der Waals surface area (Å²) in [5, 5.41) is 2.86. The van der Waals surface area contributed by atoms with E-state index in [1.165, 1.54) is 7.11 Å². The van der Waals surface area contributed by atoms with Crippen molar-refractivity contribution in [2.24, 2.45) is 5.92 Å². The fraction of sp³-hybridized carbons (Fsp3) is 0.385. The zero-order valence-corrected chi connectivity index (χ0v) is 9.68. The molecular formula is C13H15NO3. The predicted octanol–water partition coefficient (Wildman–Crippen LogP) is 1.43. The molecule has 1 aromatic rings. The van der Waals surface area contributed by atoms with Crippen molar-refractivity contribution in [1.82, 2.24) is 5.32 Å². The van der Waals surface area contributed by atoms with Crippen LogP contribution in [0.1, 0.15) is 24.4 Å². The van der Waals surface area contributed by atoms with E-state index in [4.69, 9.17) is 4.74 Å². The summed E-state index contributed by atoms with van der Waals surface area (Å²) in [7, 11) is 1.38. The van der Waals surface area contributed by atoms with Crippen molar-refractivity contribution in [3.8, 4) is 0 Å². The number of amides is 1. The number of nitrogens with one attached hydrogen (secondary N) is 1. The monoisotopic (exact) mass is 233 g/mol. The van der Waals surface area contributed by atoms with Gasteiger partial charge in [0.15, 0.2) is 0 Å². The molecule has 1 aliphatic rings. The van der Waals surface area contributed by atoms with E-state index in [-0.39, 0.29) is 23.8 Å². The quantitative estimate of drug-likeness (QED) is 0.786. The molecule has 0 saturated carbocycles. The zero-order valence-electron chi connectivity index (χ0n) is 9.68. The van der Waals surface area contributed by atoms with E-state index in [1.807, 2.05) is 30.3 Å². The van der Waals surface area contributed by atoms with Crippen molar-refractivity contribution in [3.63, 3.8) is 0 Å². The molecule has 1 aromatic carbocycles. The number of hydrogen-bond donors (Lipinski definition) is 1. The van der Waals surface area contributed by atoms with Crippen LogP contribution < -0.4 is 5.32 Å². The average Bonchev–Trinajstić information content (AvgIpc) is 2.39. The van der Waals surface area contributed by atoms with Gasteiger partial charge in [0.25, 0.3) is 0 Å². The SMILES string of the molecule is COC(=O)[C@@H]1CCC(=O)N[C@H]1c1ccccc1. The smallest absolute Gasteiger partial charge is 0.311 e. The second-order valence-corrected chi connectivity index (χ2v) is 4.12. The molecule has 0 radical (unpaired) electrons. The van der Waals surface area contributed by atoms with E-state index in [0.29, 0.717) is 12.8 Å². The molecule has 1 fully saturated rings. The second-order valence-electron chi connectivity index (χ2n) is 4.12. The highest BCUT2D eigenvalue weighted by molar-refractivity contribution is 5.82. The summed E-state index contributed by atoms with van der Waals surface area (Å²) in [5.74, 6) is -0.571. The number of methoxy groups -OCH3 is 1. The highest BCUT2D eigenvalue weighted by atomic mass is 16.5.